The first kappa shape index (κ1) is 12.6. The SMILES string of the molecule is CS(=O)(=O)c1cc(O)cc(-c2ccc(F)cc2)c1. The molecule has 0 unspecified atom stereocenters. The van der Waals surface area contributed by atoms with Gasteiger partial charge < -0.3 is 5.11 Å². The zero-order chi connectivity index (χ0) is 13.3. The van der Waals surface area contributed by atoms with E-state index in [1.54, 1.807) is 0 Å². The summed E-state index contributed by atoms with van der Waals surface area (Å²) >= 11 is 0. The Labute approximate surface area is 104 Å². The maximum atomic E-state index is 12.8. The molecular weight excluding hydrogens is 255 g/mol. The molecule has 0 aliphatic rings. The van der Waals surface area contributed by atoms with Gasteiger partial charge in [0, 0.05) is 6.26 Å². The molecule has 2 aromatic rings. The van der Waals surface area contributed by atoms with Crippen molar-refractivity contribution in [3.63, 3.8) is 0 Å². The first-order valence-corrected chi connectivity index (χ1v) is 7.05. The van der Waals surface area contributed by atoms with E-state index >= 15 is 0 Å². The molecule has 1 N–H and O–H groups in total. The minimum atomic E-state index is -3.40. The van der Waals surface area contributed by atoms with Crippen LogP contribution in [0.3, 0.4) is 0 Å². The second-order valence-corrected chi connectivity index (χ2v) is 6.01. The van der Waals surface area contributed by atoms with Crippen LogP contribution in [0.4, 0.5) is 4.39 Å². The molecule has 0 saturated heterocycles. The van der Waals surface area contributed by atoms with Crippen LogP contribution in [0.5, 0.6) is 5.75 Å². The molecule has 0 amide bonds. The summed E-state index contributed by atoms with van der Waals surface area (Å²) in [6.07, 6.45) is 1.07. The van der Waals surface area contributed by atoms with E-state index < -0.39 is 9.84 Å². The molecule has 94 valence electrons. The van der Waals surface area contributed by atoms with Crippen molar-refractivity contribution in [2.75, 3.05) is 6.26 Å². The second kappa shape index (κ2) is 4.42. The summed E-state index contributed by atoms with van der Waals surface area (Å²) in [4.78, 5) is 0.0295. The molecule has 0 atom stereocenters. The number of halogens is 1. The van der Waals surface area contributed by atoms with Gasteiger partial charge >= 0.3 is 0 Å². The van der Waals surface area contributed by atoms with Gasteiger partial charge in [0.15, 0.2) is 9.84 Å². The van der Waals surface area contributed by atoms with Gasteiger partial charge in [-0.25, -0.2) is 12.8 Å². The molecule has 0 heterocycles. The number of hydrogen-bond acceptors (Lipinski definition) is 3. The van der Waals surface area contributed by atoms with Crippen LogP contribution in [0.1, 0.15) is 0 Å². The molecule has 3 nitrogen and oxygen atoms in total. The molecule has 0 aromatic heterocycles. The van der Waals surface area contributed by atoms with E-state index in [0.717, 1.165) is 6.26 Å². The number of aromatic hydroxyl groups is 1. The predicted octanol–water partition coefficient (Wildman–Crippen LogP) is 2.60. The van der Waals surface area contributed by atoms with E-state index in [1.807, 2.05) is 0 Å². The number of phenolic OH excluding ortho intramolecular Hbond substituents is 1. The summed E-state index contributed by atoms with van der Waals surface area (Å²) in [6, 6.07) is 9.66. The van der Waals surface area contributed by atoms with Gasteiger partial charge in [-0.2, -0.15) is 0 Å². The number of benzene rings is 2. The minimum absolute atomic E-state index is 0.0295. The van der Waals surface area contributed by atoms with Crippen molar-refractivity contribution in [3.8, 4) is 16.9 Å². The Hall–Kier alpha value is -1.88. The molecule has 0 saturated carbocycles. The summed E-state index contributed by atoms with van der Waals surface area (Å²) in [6.45, 7) is 0. The van der Waals surface area contributed by atoms with Gasteiger partial charge in [0.2, 0.25) is 0 Å². The van der Waals surface area contributed by atoms with Gasteiger partial charge in [-0.1, -0.05) is 12.1 Å². The fraction of sp³-hybridized carbons (Fsp3) is 0.0769. The van der Waals surface area contributed by atoms with Crippen LogP contribution in [0, 0.1) is 5.82 Å². The van der Waals surface area contributed by atoms with Crippen LogP contribution in [0.2, 0.25) is 0 Å². The molecule has 0 fully saturated rings. The second-order valence-electron chi connectivity index (χ2n) is 3.99. The van der Waals surface area contributed by atoms with Gasteiger partial charge in [-0.3, -0.25) is 0 Å². The highest BCUT2D eigenvalue weighted by atomic mass is 32.2. The zero-order valence-corrected chi connectivity index (χ0v) is 10.4. The van der Waals surface area contributed by atoms with Crippen LogP contribution < -0.4 is 0 Å². The third-order valence-electron chi connectivity index (χ3n) is 2.50. The van der Waals surface area contributed by atoms with Crippen molar-refractivity contribution in [2.24, 2.45) is 0 Å². The summed E-state index contributed by atoms with van der Waals surface area (Å²) < 4.78 is 35.7. The minimum Gasteiger partial charge on any atom is -0.508 e. The Kier molecular flexibility index (Phi) is 3.09. The molecule has 2 aromatic carbocycles. The Morgan fingerprint density at radius 1 is 1.00 bits per heavy atom. The Morgan fingerprint density at radius 3 is 2.17 bits per heavy atom. The molecule has 0 aliphatic heterocycles. The van der Waals surface area contributed by atoms with Crippen LogP contribution >= 0.6 is 0 Å². The lowest BCUT2D eigenvalue weighted by Gasteiger charge is -2.06. The van der Waals surface area contributed by atoms with Crippen LogP contribution in [-0.2, 0) is 9.84 Å². The molecule has 2 rings (SSSR count). The Balaban J connectivity index is 2.59. The van der Waals surface area contributed by atoms with Crippen molar-refractivity contribution >= 4 is 9.84 Å². The summed E-state index contributed by atoms with van der Waals surface area (Å²) in [7, 11) is -3.40. The average molecular weight is 266 g/mol. The maximum Gasteiger partial charge on any atom is 0.175 e. The summed E-state index contributed by atoms with van der Waals surface area (Å²) in [5, 5.41) is 9.53. The monoisotopic (exact) mass is 266 g/mol. The van der Waals surface area contributed by atoms with E-state index in [-0.39, 0.29) is 16.5 Å². The lowest BCUT2D eigenvalue weighted by Crippen LogP contribution is -1.97. The molecule has 0 bridgehead atoms. The Morgan fingerprint density at radius 2 is 1.61 bits per heavy atom. The fourth-order valence-electron chi connectivity index (χ4n) is 1.61. The normalized spacial score (nSPS) is 11.4. The number of sulfone groups is 1. The fourth-order valence-corrected chi connectivity index (χ4v) is 2.28. The van der Waals surface area contributed by atoms with Gasteiger partial charge in [-0.05, 0) is 41.5 Å². The zero-order valence-electron chi connectivity index (χ0n) is 9.59. The van der Waals surface area contributed by atoms with Crippen LogP contribution in [0.15, 0.2) is 47.4 Å². The highest BCUT2D eigenvalue weighted by Gasteiger charge is 2.11. The molecule has 18 heavy (non-hydrogen) atoms. The molecule has 0 aliphatic carbocycles. The van der Waals surface area contributed by atoms with Crippen LogP contribution in [0.25, 0.3) is 11.1 Å². The first-order chi connectivity index (χ1) is 8.36. The van der Waals surface area contributed by atoms with Crippen molar-refractivity contribution in [1.82, 2.24) is 0 Å². The van der Waals surface area contributed by atoms with E-state index in [4.69, 9.17) is 0 Å². The lowest BCUT2D eigenvalue weighted by atomic mass is 10.1. The third-order valence-corrected chi connectivity index (χ3v) is 3.59. The summed E-state index contributed by atoms with van der Waals surface area (Å²) in [5.41, 5.74) is 1.16. The average Bonchev–Trinajstić information content (AvgIpc) is 2.28. The van der Waals surface area contributed by atoms with Gasteiger partial charge in [-0.15, -0.1) is 0 Å². The largest absolute Gasteiger partial charge is 0.508 e. The topological polar surface area (TPSA) is 54.4 Å². The van der Waals surface area contributed by atoms with Crippen LogP contribution in [-0.4, -0.2) is 19.8 Å². The number of phenols is 1. The smallest absolute Gasteiger partial charge is 0.175 e. The van der Waals surface area contributed by atoms with Crippen molar-refractivity contribution in [3.05, 3.63) is 48.3 Å². The highest BCUT2D eigenvalue weighted by molar-refractivity contribution is 7.90. The van der Waals surface area contributed by atoms with E-state index in [2.05, 4.69) is 0 Å². The van der Waals surface area contributed by atoms with Gasteiger partial charge in [0.1, 0.15) is 11.6 Å². The maximum absolute atomic E-state index is 12.8. The summed E-state index contributed by atoms with van der Waals surface area (Å²) in [5.74, 6) is -0.514. The number of hydrogen-bond donors (Lipinski definition) is 1. The van der Waals surface area contributed by atoms with Gasteiger partial charge in [0.05, 0.1) is 4.90 Å². The standard InChI is InChI=1S/C13H11FO3S/c1-18(16,17)13-7-10(6-12(15)8-13)9-2-4-11(14)5-3-9/h2-8,15H,1H3. The van der Waals surface area contributed by atoms with Gasteiger partial charge in [0.25, 0.3) is 0 Å². The first-order valence-electron chi connectivity index (χ1n) is 5.16. The van der Waals surface area contributed by atoms with Crippen molar-refractivity contribution < 1.29 is 17.9 Å². The molecular formula is C13H11FO3S. The Bertz CT molecular complexity index is 676. The third kappa shape index (κ3) is 2.68. The van der Waals surface area contributed by atoms with E-state index in [9.17, 15) is 17.9 Å². The lowest BCUT2D eigenvalue weighted by molar-refractivity contribution is 0.473. The highest BCUT2D eigenvalue weighted by Crippen LogP contribution is 2.27. The molecule has 0 spiro atoms. The van der Waals surface area contributed by atoms with E-state index in [0.29, 0.717) is 11.1 Å². The predicted molar refractivity (Wildman–Crippen MR) is 66.6 cm³/mol. The van der Waals surface area contributed by atoms with E-state index in [1.165, 1.54) is 42.5 Å². The molecule has 5 heteroatoms. The van der Waals surface area contributed by atoms with Crippen molar-refractivity contribution in [2.45, 2.75) is 4.90 Å². The quantitative estimate of drug-likeness (QED) is 0.909. The molecule has 0 radical (unpaired) electrons. The van der Waals surface area contributed by atoms with Crippen molar-refractivity contribution in [1.29, 1.82) is 0 Å². The number of rotatable bonds is 2.